The molecule has 4 nitrogen and oxygen atoms in total. The molecule has 0 aromatic heterocycles. The van der Waals surface area contributed by atoms with Crippen molar-refractivity contribution >= 4 is 5.91 Å². The van der Waals surface area contributed by atoms with Crippen LogP contribution in [0, 0.1) is 5.41 Å². The van der Waals surface area contributed by atoms with Gasteiger partial charge in [0.2, 0.25) is 5.91 Å². The molecular formula is C15H27NO3. The van der Waals surface area contributed by atoms with Crippen LogP contribution in [0.4, 0.5) is 0 Å². The van der Waals surface area contributed by atoms with Gasteiger partial charge in [-0.05, 0) is 31.8 Å². The molecule has 19 heavy (non-hydrogen) atoms. The fraction of sp³-hybridized carbons (Fsp3) is 0.800. The molecule has 1 aliphatic rings. The average molecular weight is 269 g/mol. The van der Waals surface area contributed by atoms with Crippen molar-refractivity contribution in [2.75, 3.05) is 13.2 Å². The molecule has 0 saturated carbocycles. The van der Waals surface area contributed by atoms with Crippen LogP contribution in [-0.4, -0.2) is 41.4 Å². The molecular weight excluding hydrogens is 242 g/mol. The third-order valence-corrected chi connectivity index (χ3v) is 4.01. The second-order valence-corrected chi connectivity index (χ2v) is 5.85. The van der Waals surface area contributed by atoms with E-state index in [2.05, 4.69) is 6.58 Å². The van der Waals surface area contributed by atoms with Gasteiger partial charge in [0.25, 0.3) is 0 Å². The lowest BCUT2D eigenvalue weighted by Gasteiger charge is -2.40. The molecule has 1 heterocycles. The van der Waals surface area contributed by atoms with Crippen LogP contribution in [-0.2, 0) is 9.53 Å². The zero-order valence-corrected chi connectivity index (χ0v) is 12.4. The summed E-state index contributed by atoms with van der Waals surface area (Å²) in [5.74, 6) is 0.191. The Bertz CT molecular complexity index is 315. The SMILES string of the molecule is C=CC(O)OCC1CCCCN1C(=O)C(C)(C)CC. The standard InChI is InChI=1S/C15H27NO3/c1-5-13(17)19-11-12-9-7-8-10-16(12)14(18)15(3,4)6-2/h5,12-13,17H,1,6-11H2,2-4H3. The van der Waals surface area contributed by atoms with Gasteiger partial charge < -0.3 is 14.7 Å². The van der Waals surface area contributed by atoms with Gasteiger partial charge in [0.1, 0.15) is 0 Å². The van der Waals surface area contributed by atoms with Gasteiger partial charge in [0.05, 0.1) is 12.6 Å². The van der Waals surface area contributed by atoms with Gasteiger partial charge in [-0.1, -0.05) is 27.4 Å². The number of hydrogen-bond acceptors (Lipinski definition) is 3. The molecule has 1 amide bonds. The van der Waals surface area contributed by atoms with Gasteiger partial charge in [-0.25, -0.2) is 0 Å². The van der Waals surface area contributed by atoms with Crippen LogP contribution in [0.1, 0.15) is 46.5 Å². The van der Waals surface area contributed by atoms with Gasteiger partial charge in [0.15, 0.2) is 6.29 Å². The van der Waals surface area contributed by atoms with Gasteiger partial charge in [-0.15, -0.1) is 0 Å². The molecule has 1 saturated heterocycles. The number of aliphatic hydroxyl groups excluding tert-OH is 1. The minimum Gasteiger partial charge on any atom is -0.365 e. The molecule has 1 N–H and O–H groups in total. The van der Waals surface area contributed by atoms with E-state index in [9.17, 15) is 9.90 Å². The van der Waals surface area contributed by atoms with Crippen LogP contribution in [0.5, 0.6) is 0 Å². The van der Waals surface area contributed by atoms with E-state index in [4.69, 9.17) is 4.74 Å². The summed E-state index contributed by atoms with van der Waals surface area (Å²) < 4.78 is 5.30. The van der Waals surface area contributed by atoms with Crippen LogP contribution >= 0.6 is 0 Å². The van der Waals surface area contributed by atoms with Gasteiger partial charge in [0, 0.05) is 12.0 Å². The van der Waals surface area contributed by atoms with E-state index in [0.717, 1.165) is 32.2 Å². The normalized spacial score (nSPS) is 22.1. The summed E-state index contributed by atoms with van der Waals surface area (Å²) in [6.45, 7) is 10.7. The lowest BCUT2D eigenvalue weighted by atomic mass is 9.87. The molecule has 0 aliphatic carbocycles. The maximum Gasteiger partial charge on any atom is 0.228 e. The fourth-order valence-electron chi connectivity index (χ4n) is 2.26. The number of nitrogens with zero attached hydrogens (tertiary/aromatic N) is 1. The third kappa shape index (κ3) is 4.32. The lowest BCUT2D eigenvalue weighted by molar-refractivity contribution is -0.149. The minimum absolute atomic E-state index is 0.0710. The fourth-order valence-corrected chi connectivity index (χ4v) is 2.26. The number of likely N-dealkylation sites (tertiary alicyclic amines) is 1. The first-order valence-electron chi connectivity index (χ1n) is 7.15. The molecule has 2 unspecified atom stereocenters. The Kier molecular flexibility index (Phi) is 6.01. The lowest BCUT2D eigenvalue weighted by Crippen LogP contribution is -2.51. The number of aliphatic hydroxyl groups is 1. The van der Waals surface area contributed by atoms with Crippen molar-refractivity contribution in [1.82, 2.24) is 4.90 Å². The van der Waals surface area contributed by atoms with Crippen LogP contribution in [0.2, 0.25) is 0 Å². The summed E-state index contributed by atoms with van der Waals surface area (Å²) in [7, 11) is 0. The number of carbonyl (C=O) groups is 1. The Morgan fingerprint density at radius 1 is 1.58 bits per heavy atom. The van der Waals surface area contributed by atoms with Gasteiger partial charge in [-0.2, -0.15) is 0 Å². The Balaban J connectivity index is 2.67. The molecule has 0 aromatic carbocycles. The molecule has 1 fully saturated rings. The van der Waals surface area contributed by atoms with E-state index in [-0.39, 0.29) is 17.4 Å². The monoisotopic (exact) mass is 269 g/mol. The van der Waals surface area contributed by atoms with Crippen LogP contribution in [0.15, 0.2) is 12.7 Å². The van der Waals surface area contributed by atoms with Crippen LogP contribution in [0.3, 0.4) is 0 Å². The largest absolute Gasteiger partial charge is 0.365 e. The predicted octanol–water partition coefficient (Wildman–Crippen LogP) is 2.32. The average Bonchev–Trinajstić information content (AvgIpc) is 2.44. The van der Waals surface area contributed by atoms with Crippen molar-refractivity contribution in [3.63, 3.8) is 0 Å². The highest BCUT2D eigenvalue weighted by Gasteiger charge is 2.35. The number of hydrogen-bond donors (Lipinski definition) is 1. The zero-order valence-electron chi connectivity index (χ0n) is 12.4. The Morgan fingerprint density at radius 2 is 2.26 bits per heavy atom. The maximum absolute atomic E-state index is 12.6. The Hall–Kier alpha value is -0.870. The second kappa shape index (κ2) is 7.06. The third-order valence-electron chi connectivity index (χ3n) is 4.01. The van der Waals surface area contributed by atoms with Crippen molar-refractivity contribution in [1.29, 1.82) is 0 Å². The van der Waals surface area contributed by atoms with Crippen LogP contribution < -0.4 is 0 Å². The second-order valence-electron chi connectivity index (χ2n) is 5.85. The van der Waals surface area contributed by atoms with Crippen molar-refractivity contribution in [2.45, 2.75) is 58.8 Å². The minimum atomic E-state index is -0.946. The van der Waals surface area contributed by atoms with Crippen molar-refractivity contribution < 1.29 is 14.6 Å². The highest BCUT2D eigenvalue weighted by atomic mass is 16.6. The summed E-state index contributed by atoms with van der Waals surface area (Å²) in [6.07, 6.45) is 4.32. The molecule has 1 rings (SSSR count). The van der Waals surface area contributed by atoms with Gasteiger partial charge in [-0.3, -0.25) is 4.79 Å². The summed E-state index contributed by atoms with van der Waals surface area (Å²) in [5.41, 5.74) is -0.327. The Morgan fingerprint density at radius 3 is 2.84 bits per heavy atom. The molecule has 110 valence electrons. The molecule has 0 radical (unpaired) electrons. The van der Waals surface area contributed by atoms with Crippen molar-refractivity contribution in [3.8, 4) is 0 Å². The van der Waals surface area contributed by atoms with Crippen molar-refractivity contribution in [3.05, 3.63) is 12.7 Å². The number of carbonyl (C=O) groups excluding carboxylic acids is 1. The van der Waals surface area contributed by atoms with E-state index in [1.807, 2.05) is 25.7 Å². The summed E-state index contributed by atoms with van der Waals surface area (Å²) in [4.78, 5) is 14.5. The molecule has 0 bridgehead atoms. The maximum atomic E-state index is 12.6. The molecule has 4 heteroatoms. The van der Waals surface area contributed by atoms with Gasteiger partial charge >= 0.3 is 0 Å². The Labute approximate surface area is 116 Å². The van der Waals surface area contributed by atoms with E-state index in [0.29, 0.717) is 6.61 Å². The number of piperidine rings is 1. The highest BCUT2D eigenvalue weighted by molar-refractivity contribution is 5.82. The summed E-state index contributed by atoms with van der Waals surface area (Å²) in [6, 6.07) is 0.0710. The van der Waals surface area contributed by atoms with E-state index >= 15 is 0 Å². The number of ether oxygens (including phenoxy) is 1. The van der Waals surface area contributed by atoms with E-state index in [1.54, 1.807) is 0 Å². The first-order chi connectivity index (χ1) is 8.92. The molecule has 2 atom stereocenters. The first kappa shape index (κ1) is 16.2. The smallest absolute Gasteiger partial charge is 0.228 e. The van der Waals surface area contributed by atoms with E-state index < -0.39 is 6.29 Å². The van der Waals surface area contributed by atoms with E-state index in [1.165, 1.54) is 6.08 Å². The predicted molar refractivity (Wildman–Crippen MR) is 75.6 cm³/mol. The summed E-state index contributed by atoms with van der Waals surface area (Å²) in [5, 5.41) is 9.38. The topological polar surface area (TPSA) is 49.8 Å². The quantitative estimate of drug-likeness (QED) is 0.594. The number of rotatable bonds is 6. The first-order valence-corrected chi connectivity index (χ1v) is 7.15. The van der Waals surface area contributed by atoms with Crippen LogP contribution in [0.25, 0.3) is 0 Å². The molecule has 0 spiro atoms. The molecule has 1 aliphatic heterocycles. The molecule has 0 aromatic rings. The summed E-state index contributed by atoms with van der Waals surface area (Å²) >= 11 is 0. The zero-order chi connectivity index (χ0) is 14.5. The number of amides is 1. The van der Waals surface area contributed by atoms with Crippen molar-refractivity contribution in [2.24, 2.45) is 5.41 Å². The highest BCUT2D eigenvalue weighted by Crippen LogP contribution is 2.28.